The van der Waals surface area contributed by atoms with Crippen molar-refractivity contribution in [3.63, 3.8) is 0 Å². The zero-order chi connectivity index (χ0) is 26.6. The van der Waals surface area contributed by atoms with Gasteiger partial charge in [0.1, 0.15) is 29.9 Å². The van der Waals surface area contributed by atoms with Gasteiger partial charge in [0, 0.05) is 17.3 Å². The summed E-state index contributed by atoms with van der Waals surface area (Å²) in [6.45, 7) is 2.54. The Labute approximate surface area is 226 Å². The van der Waals surface area contributed by atoms with Crippen molar-refractivity contribution in [2.45, 2.75) is 13.5 Å². The number of aromatic amines is 1. The van der Waals surface area contributed by atoms with E-state index in [4.69, 9.17) is 9.84 Å². The van der Waals surface area contributed by atoms with Gasteiger partial charge in [0.15, 0.2) is 0 Å². The van der Waals surface area contributed by atoms with Crippen LogP contribution >= 0.6 is 0 Å². The second kappa shape index (κ2) is 10.5. The molecule has 6 nitrogen and oxygen atoms in total. The van der Waals surface area contributed by atoms with E-state index in [1.54, 1.807) is 0 Å². The van der Waals surface area contributed by atoms with Gasteiger partial charge in [-0.3, -0.25) is 0 Å². The number of nitriles is 1. The largest absolute Gasteiger partial charge is 0.489 e. The van der Waals surface area contributed by atoms with Gasteiger partial charge in [0.2, 0.25) is 0 Å². The molecular weight excluding hydrogens is 482 g/mol. The fraction of sp³-hybridized carbons (Fsp3) is 0.0606. The molecule has 1 N–H and O–H groups in total. The van der Waals surface area contributed by atoms with Crippen molar-refractivity contribution < 1.29 is 4.74 Å². The number of hydrogen-bond acceptors (Lipinski definition) is 4. The Hall–Kier alpha value is -5.41. The number of para-hydroxylation sites is 3. The number of aryl methyl sites for hydroxylation is 1. The lowest BCUT2D eigenvalue weighted by Gasteiger charge is -2.08. The minimum Gasteiger partial charge on any atom is -0.489 e. The average Bonchev–Trinajstić information content (AvgIpc) is 3.61. The summed E-state index contributed by atoms with van der Waals surface area (Å²) >= 11 is 0. The molecule has 6 aromatic rings. The molecular formula is C33H25N5O. The molecule has 0 saturated heterocycles. The van der Waals surface area contributed by atoms with Gasteiger partial charge >= 0.3 is 0 Å². The monoisotopic (exact) mass is 507 g/mol. The summed E-state index contributed by atoms with van der Waals surface area (Å²) in [6, 6.07) is 36.2. The van der Waals surface area contributed by atoms with Crippen molar-refractivity contribution in [3.8, 4) is 28.8 Å². The number of imidazole rings is 1. The van der Waals surface area contributed by atoms with Crippen molar-refractivity contribution in [2.24, 2.45) is 0 Å². The summed E-state index contributed by atoms with van der Waals surface area (Å²) in [7, 11) is 0. The Morgan fingerprint density at radius 3 is 2.54 bits per heavy atom. The number of hydrogen-bond donors (Lipinski definition) is 1. The number of benzene rings is 4. The van der Waals surface area contributed by atoms with Gasteiger partial charge in [-0.05, 0) is 55.0 Å². The fourth-order valence-electron chi connectivity index (χ4n) is 4.40. The molecule has 0 aliphatic carbocycles. The van der Waals surface area contributed by atoms with Crippen molar-refractivity contribution >= 4 is 22.7 Å². The topological polar surface area (TPSA) is 79.5 Å². The van der Waals surface area contributed by atoms with Crippen LogP contribution in [0.25, 0.3) is 39.6 Å². The van der Waals surface area contributed by atoms with Gasteiger partial charge in [-0.15, -0.1) is 0 Å². The number of allylic oxidation sites excluding steroid dienone is 1. The summed E-state index contributed by atoms with van der Waals surface area (Å²) in [6.07, 6.45) is 3.77. The smallest absolute Gasteiger partial charge is 0.149 e. The molecule has 0 atom stereocenters. The number of nitrogens with one attached hydrogen (secondary N) is 1. The van der Waals surface area contributed by atoms with Crippen molar-refractivity contribution in [2.75, 3.05) is 0 Å². The average molecular weight is 508 g/mol. The van der Waals surface area contributed by atoms with Crippen LogP contribution in [0.2, 0.25) is 0 Å². The van der Waals surface area contributed by atoms with E-state index in [9.17, 15) is 5.26 Å². The predicted molar refractivity (Wildman–Crippen MR) is 154 cm³/mol. The molecule has 6 heteroatoms. The van der Waals surface area contributed by atoms with Crippen LogP contribution < -0.4 is 4.74 Å². The zero-order valence-corrected chi connectivity index (χ0v) is 21.4. The summed E-state index contributed by atoms with van der Waals surface area (Å²) in [5.41, 5.74) is 7.79. The SMILES string of the molecule is Cc1ccc(COc2cccc(-c3nn(-c4ccccc4)cc3C=C(C#N)c3nc4ccccc4[nH]3)c2)cc1. The molecule has 188 valence electrons. The van der Waals surface area contributed by atoms with E-state index in [0.717, 1.165) is 44.9 Å². The molecule has 39 heavy (non-hydrogen) atoms. The van der Waals surface area contributed by atoms with E-state index in [-0.39, 0.29) is 0 Å². The van der Waals surface area contributed by atoms with E-state index < -0.39 is 0 Å². The standard InChI is InChI=1S/C33H25N5O/c1-23-14-16-24(17-15-23)22-39-29-11-7-8-25(19-29)32-27(21-38(37-32)28-9-3-2-4-10-28)18-26(20-34)33-35-30-12-5-6-13-31(30)36-33/h2-19,21H,22H2,1H3,(H,35,36). The second-order valence-corrected chi connectivity index (χ2v) is 9.29. The lowest BCUT2D eigenvalue weighted by atomic mass is 10.1. The van der Waals surface area contributed by atoms with Crippen LogP contribution in [-0.2, 0) is 6.61 Å². The molecule has 0 saturated carbocycles. The zero-order valence-electron chi connectivity index (χ0n) is 21.4. The van der Waals surface area contributed by atoms with Gasteiger partial charge in [0.25, 0.3) is 0 Å². The molecule has 0 unspecified atom stereocenters. The molecule has 6 rings (SSSR count). The maximum atomic E-state index is 10.1. The highest BCUT2D eigenvalue weighted by Gasteiger charge is 2.15. The Bertz CT molecular complexity index is 1790. The van der Waals surface area contributed by atoms with Crippen LogP contribution in [0.1, 0.15) is 22.5 Å². The number of rotatable bonds is 7. The summed E-state index contributed by atoms with van der Waals surface area (Å²) in [5.74, 6) is 1.27. The van der Waals surface area contributed by atoms with Crippen LogP contribution in [0, 0.1) is 18.3 Å². The lowest BCUT2D eigenvalue weighted by Crippen LogP contribution is -1.96. The van der Waals surface area contributed by atoms with Crippen LogP contribution in [-0.4, -0.2) is 19.7 Å². The third kappa shape index (κ3) is 5.20. The Kier molecular flexibility index (Phi) is 6.46. The highest BCUT2D eigenvalue weighted by atomic mass is 16.5. The highest BCUT2D eigenvalue weighted by molar-refractivity contribution is 5.92. The number of fused-ring (bicyclic) bond motifs is 1. The van der Waals surface area contributed by atoms with Gasteiger partial charge in [-0.25, -0.2) is 9.67 Å². The van der Waals surface area contributed by atoms with Crippen LogP contribution in [0.5, 0.6) is 5.75 Å². The molecule has 0 amide bonds. The van der Waals surface area contributed by atoms with Gasteiger partial charge < -0.3 is 9.72 Å². The van der Waals surface area contributed by atoms with Gasteiger partial charge in [-0.1, -0.05) is 72.3 Å². The Morgan fingerprint density at radius 2 is 1.74 bits per heavy atom. The normalized spacial score (nSPS) is 11.4. The first-order valence-corrected chi connectivity index (χ1v) is 12.7. The van der Waals surface area contributed by atoms with E-state index in [1.807, 2.05) is 95.8 Å². The van der Waals surface area contributed by atoms with Crippen molar-refractivity contribution in [3.05, 3.63) is 132 Å². The summed E-state index contributed by atoms with van der Waals surface area (Å²) < 4.78 is 7.94. The molecule has 4 aromatic carbocycles. The number of aromatic nitrogens is 4. The minimum atomic E-state index is 0.423. The lowest BCUT2D eigenvalue weighted by molar-refractivity contribution is 0.306. The van der Waals surface area contributed by atoms with E-state index in [2.05, 4.69) is 47.2 Å². The third-order valence-electron chi connectivity index (χ3n) is 6.46. The maximum absolute atomic E-state index is 10.1. The first-order valence-electron chi connectivity index (χ1n) is 12.7. The molecule has 0 spiro atoms. The molecule has 0 fully saturated rings. The van der Waals surface area contributed by atoms with Crippen LogP contribution in [0.15, 0.2) is 109 Å². The molecule has 0 radical (unpaired) electrons. The van der Waals surface area contributed by atoms with Crippen molar-refractivity contribution in [1.29, 1.82) is 5.26 Å². The Balaban J connectivity index is 1.39. The fourth-order valence-corrected chi connectivity index (χ4v) is 4.40. The number of H-pyrrole nitrogens is 1. The first-order chi connectivity index (χ1) is 19.2. The Morgan fingerprint density at radius 1 is 0.949 bits per heavy atom. The van der Waals surface area contributed by atoms with Crippen LogP contribution in [0.3, 0.4) is 0 Å². The summed E-state index contributed by atoms with van der Waals surface area (Å²) in [5, 5.41) is 15.0. The predicted octanol–water partition coefficient (Wildman–Crippen LogP) is 7.37. The molecule has 0 aliphatic rings. The molecule has 2 aromatic heterocycles. The number of nitrogens with zero attached hydrogens (tertiary/aromatic N) is 4. The van der Waals surface area contributed by atoms with Gasteiger partial charge in [-0.2, -0.15) is 10.4 Å². The van der Waals surface area contributed by atoms with E-state index in [0.29, 0.717) is 18.0 Å². The third-order valence-corrected chi connectivity index (χ3v) is 6.46. The van der Waals surface area contributed by atoms with E-state index >= 15 is 0 Å². The first kappa shape index (κ1) is 24.0. The van der Waals surface area contributed by atoms with Crippen molar-refractivity contribution in [1.82, 2.24) is 19.7 Å². The molecule has 0 bridgehead atoms. The number of ether oxygens (including phenoxy) is 1. The quantitative estimate of drug-likeness (QED) is 0.229. The molecule has 0 aliphatic heterocycles. The maximum Gasteiger partial charge on any atom is 0.149 e. The molecule has 2 heterocycles. The highest BCUT2D eigenvalue weighted by Crippen LogP contribution is 2.30. The summed E-state index contributed by atoms with van der Waals surface area (Å²) in [4.78, 5) is 7.89. The minimum absolute atomic E-state index is 0.423. The second-order valence-electron chi connectivity index (χ2n) is 9.29. The van der Waals surface area contributed by atoms with Gasteiger partial charge in [0.05, 0.1) is 22.3 Å². The van der Waals surface area contributed by atoms with E-state index in [1.165, 1.54) is 5.56 Å². The van der Waals surface area contributed by atoms with Crippen LogP contribution in [0.4, 0.5) is 0 Å².